The Bertz CT molecular complexity index is 1200. The summed E-state index contributed by atoms with van der Waals surface area (Å²) < 4.78 is 45.9. The molecule has 34 heavy (non-hydrogen) atoms. The van der Waals surface area contributed by atoms with Crippen molar-refractivity contribution in [3.63, 3.8) is 0 Å². The molecule has 1 amide bonds. The Morgan fingerprint density at radius 2 is 1.94 bits per heavy atom. The van der Waals surface area contributed by atoms with Crippen LogP contribution in [0.25, 0.3) is 0 Å². The van der Waals surface area contributed by atoms with Gasteiger partial charge in [0, 0.05) is 23.2 Å². The van der Waals surface area contributed by atoms with Crippen molar-refractivity contribution in [1.82, 2.24) is 9.62 Å². The highest BCUT2D eigenvalue weighted by molar-refractivity contribution is 7.89. The summed E-state index contributed by atoms with van der Waals surface area (Å²) in [5, 5.41) is 0.694. The molecule has 1 atom stereocenters. The van der Waals surface area contributed by atoms with Gasteiger partial charge < -0.3 is 4.74 Å². The van der Waals surface area contributed by atoms with Crippen LogP contribution in [0.15, 0.2) is 36.4 Å². The molecule has 2 fully saturated rings. The van der Waals surface area contributed by atoms with Crippen molar-refractivity contribution in [1.29, 1.82) is 0 Å². The van der Waals surface area contributed by atoms with Gasteiger partial charge in [-0.2, -0.15) is 0 Å². The number of rotatable bonds is 7. The summed E-state index contributed by atoms with van der Waals surface area (Å²) in [7, 11) is -3.80. The number of carbonyl (C=O) groups is 1. The highest BCUT2D eigenvalue weighted by Crippen LogP contribution is 2.45. The van der Waals surface area contributed by atoms with Crippen LogP contribution < -0.4 is 9.46 Å². The Morgan fingerprint density at radius 3 is 2.59 bits per heavy atom. The van der Waals surface area contributed by atoms with Gasteiger partial charge in [0.25, 0.3) is 5.91 Å². The zero-order valence-electron chi connectivity index (χ0n) is 19.6. The molecule has 0 bridgehead atoms. The Hall–Kier alpha value is -2.16. The van der Waals surface area contributed by atoms with Crippen LogP contribution in [0, 0.1) is 5.82 Å². The first-order chi connectivity index (χ1) is 15.9. The largest absolute Gasteiger partial charge is 0.489 e. The van der Waals surface area contributed by atoms with Crippen molar-refractivity contribution in [3.8, 4) is 5.75 Å². The number of hydrogen-bond donors (Lipinski definition) is 1. The summed E-state index contributed by atoms with van der Waals surface area (Å²) in [5.41, 5.74) is 1.33. The lowest BCUT2D eigenvalue weighted by molar-refractivity contribution is 0.0243. The van der Waals surface area contributed by atoms with Gasteiger partial charge in [0.2, 0.25) is 10.0 Å². The third-order valence-electron chi connectivity index (χ3n) is 6.63. The van der Waals surface area contributed by atoms with Crippen LogP contribution in [-0.2, 0) is 15.6 Å². The van der Waals surface area contributed by atoms with E-state index in [1.807, 2.05) is 22.9 Å². The normalized spacial score (nSPS) is 19.6. The van der Waals surface area contributed by atoms with E-state index in [0.717, 1.165) is 49.6 Å². The van der Waals surface area contributed by atoms with Crippen LogP contribution in [0.1, 0.15) is 66.9 Å². The number of nitrogens with zero attached hydrogens (tertiary/aromatic N) is 1. The van der Waals surface area contributed by atoms with Gasteiger partial charge >= 0.3 is 0 Å². The monoisotopic (exact) mass is 508 g/mol. The van der Waals surface area contributed by atoms with Crippen LogP contribution in [0.4, 0.5) is 4.39 Å². The van der Waals surface area contributed by atoms with Crippen molar-refractivity contribution in [2.45, 2.75) is 57.1 Å². The van der Waals surface area contributed by atoms with Gasteiger partial charge in [0.05, 0.1) is 11.8 Å². The molecule has 184 valence electrons. The summed E-state index contributed by atoms with van der Waals surface area (Å²) in [4.78, 5) is 14.7. The summed E-state index contributed by atoms with van der Waals surface area (Å²) in [5.74, 6) is -1.15. The van der Waals surface area contributed by atoms with Crippen LogP contribution in [0.2, 0.25) is 5.02 Å². The number of nitrogens with one attached hydrogen (secondary N) is 1. The first kappa shape index (κ1) is 24.9. The van der Waals surface area contributed by atoms with Gasteiger partial charge in [0.1, 0.15) is 17.7 Å². The maximum atomic E-state index is 14.9. The summed E-state index contributed by atoms with van der Waals surface area (Å²) in [6, 6.07) is 10.5. The van der Waals surface area contributed by atoms with Crippen molar-refractivity contribution >= 4 is 27.5 Å². The zero-order valence-corrected chi connectivity index (χ0v) is 21.2. The lowest BCUT2D eigenvalue weighted by atomic mass is 9.89. The summed E-state index contributed by atoms with van der Waals surface area (Å²) in [6.07, 6.45) is 4.35. The molecule has 2 aromatic rings. The van der Waals surface area contributed by atoms with E-state index in [4.69, 9.17) is 16.3 Å². The minimum atomic E-state index is -3.80. The van der Waals surface area contributed by atoms with E-state index < -0.39 is 21.7 Å². The fourth-order valence-electron chi connectivity index (χ4n) is 4.56. The molecule has 0 aromatic heterocycles. The highest BCUT2D eigenvalue weighted by Gasteiger charge is 2.35. The number of halogens is 2. The first-order valence-corrected chi connectivity index (χ1v) is 13.7. The molecule has 4 rings (SSSR count). The summed E-state index contributed by atoms with van der Waals surface area (Å²) >= 11 is 6.22. The van der Waals surface area contributed by atoms with E-state index in [-0.39, 0.29) is 23.1 Å². The SMILES string of the molecule is CC(C)(c1cccc(Cl)c1)N1CCCC(Oc2cc(F)c(C(=O)NS(C)(=O)=O)cc2C2CC2)C1. The van der Waals surface area contributed by atoms with Crippen LogP contribution >= 0.6 is 11.6 Å². The number of benzene rings is 2. The molecule has 1 aliphatic carbocycles. The van der Waals surface area contributed by atoms with Gasteiger partial charge in [-0.05, 0) is 81.3 Å². The molecule has 2 aliphatic rings. The number of hydrogen-bond acceptors (Lipinski definition) is 5. The minimum Gasteiger partial charge on any atom is -0.489 e. The van der Waals surface area contributed by atoms with E-state index in [0.29, 0.717) is 17.3 Å². The van der Waals surface area contributed by atoms with E-state index in [1.54, 1.807) is 0 Å². The summed E-state index contributed by atoms with van der Waals surface area (Å²) in [6.45, 7) is 5.90. The van der Waals surface area contributed by atoms with Crippen LogP contribution in [0.3, 0.4) is 0 Å². The molecule has 1 aliphatic heterocycles. The van der Waals surface area contributed by atoms with Gasteiger partial charge in [-0.1, -0.05) is 23.7 Å². The quantitative estimate of drug-likeness (QED) is 0.580. The van der Waals surface area contributed by atoms with Gasteiger partial charge in [-0.3, -0.25) is 9.69 Å². The maximum absolute atomic E-state index is 14.9. The molecule has 1 heterocycles. The fourth-order valence-corrected chi connectivity index (χ4v) is 5.19. The van der Waals surface area contributed by atoms with Gasteiger partial charge in [-0.15, -0.1) is 0 Å². The third kappa shape index (κ3) is 5.73. The standard InChI is InChI=1S/C25H30ClFN2O4S/c1-25(2,17-6-4-7-18(26)12-17)29-11-5-8-19(15-29)33-23-14-22(27)21(13-20(23)16-9-10-16)24(30)28-34(3,31)32/h4,6-7,12-14,16,19H,5,8-11,15H2,1-3H3,(H,28,30). The molecular formula is C25H30ClFN2O4S. The van der Waals surface area contributed by atoms with Crippen LogP contribution in [-0.4, -0.2) is 44.7 Å². The molecule has 9 heteroatoms. The molecule has 1 saturated carbocycles. The fraction of sp³-hybridized carbons (Fsp3) is 0.480. The number of likely N-dealkylation sites (tertiary alicyclic amines) is 1. The second kappa shape index (κ2) is 9.47. The maximum Gasteiger partial charge on any atom is 0.267 e. The molecule has 1 N–H and O–H groups in total. The lowest BCUT2D eigenvalue weighted by Crippen LogP contribution is -2.50. The van der Waals surface area contributed by atoms with Crippen molar-refractivity contribution < 1.29 is 22.3 Å². The second-order valence-corrected chi connectivity index (χ2v) is 11.9. The highest BCUT2D eigenvalue weighted by atomic mass is 35.5. The van der Waals surface area contributed by atoms with E-state index in [1.165, 1.54) is 12.1 Å². The molecular weight excluding hydrogens is 479 g/mol. The number of sulfonamides is 1. The number of carbonyl (C=O) groups excluding carboxylic acids is 1. The van der Waals surface area contributed by atoms with E-state index in [9.17, 15) is 17.6 Å². The van der Waals surface area contributed by atoms with Crippen LogP contribution in [0.5, 0.6) is 5.75 Å². The molecule has 1 saturated heterocycles. The average Bonchev–Trinajstić information content (AvgIpc) is 3.58. The molecule has 1 unspecified atom stereocenters. The lowest BCUT2D eigenvalue weighted by Gasteiger charge is -2.44. The van der Waals surface area contributed by atoms with Gasteiger partial charge in [0.15, 0.2) is 0 Å². The second-order valence-electron chi connectivity index (χ2n) is 9.74. The Balaban J connectivity index is 1.55. The smallest absolute Gasteiger partial charge is 0.267 e. The van der Waals surface area contributed by atoms with Crippen molar-refractivity contribution in [2.75, 3.05) is 19.3 Å². The molecule has 0 spiro atoms. The van der Waals surface area contributed by atoms with E-state index >= 15 is 0 Å². The number of piperidine rings is 1. The predicted molar refractivity (Wildman–Crippen MR) is 130 cm³/mol. The molecule has 2 aromatic carbocycles. The number of amides is 1. The van der Waals surface area contributed by atoms with Crippen molar-refractivity contribution in [3.05, 3.63) is 63.9 Å². The molecule has 6 nitrogen and oxygen atoms in total. The zero-order chi connectivity index (χ0) is 24.7. The third-order valence-corrected chi connectivity index (χ3v) is 7.42. The van der Waals surface area contributed by atoms with Crippen molar-refractivity contribution in [2.24, 2.45) is 0 Å². The minimum absolute atomic E-state index is 0.139. The predicted octanol–water partition coefficient (Wildman–Crippen LogP) is 4.82. The van der Waals surface area contributed by atoms with Gasteiger partial charge in [-0.25, -0.2) is 17.5 Å². The average molecular weight is 509 g/mol. The topological polar surface area (TPSA) is 75.7 Å². The van der Waals surface area contributed by atoms with E-state index in [2.05, 4.69) is 24.8 Å². The first-order valence-electron chi connectivity index (χ1n) is 11.5. The molecule has 0 radical (unpaired) electrons. The Kier molecular flexibility index (Phi) is 6.95. The Labute approximate surface area is 205 Å². The Morgan fingerprint density at radius 1 is 1.21 bits per heavy atom. The number of ether oxygens (including phenoxy) is 1.